The average molecular weight is 852 g/mol. The number of ether oxygens (including phenoxy) is 2. The van der Waals surface area contributed by atoms with Crippen LogP contribution in [0.2, 0.25) is 0 Å². The van der Waals surface area contributed by atoms with Crippen LogP contribution >= 0.6 is 0 Å². The lowest BCUT2D eigenvalue weighted by Gasteiger charge is -2.41. The second-order valence-corrected chi connectivity index (χ2v) is 17.5. The highest BCUT2D eigenvalue weighted by Crippen LogP contribution is 2.26. The van der Waals surface area contributed by atoms with Crippen molar-refractivity contribution in [3.8, 4) is 0 Å². The normalized spacial score (nSPS) is 21.7. The maximum Gasteiger partial charge on any atom is 0.397 e. The monoisotopic (exact) mass is 852 g/mol. The Bertz CT molecular complexity index is 1110. The molecule has 0 aromatic rings. The maximum absolute atomic E-state index is 13.1. The Morgan fingerprint density at radius 2 is 1.10 bits per heavy atom. The van der Waals surface area contributed by atoms with E-state index in [1.165, 1.54) is 122 Å². The SMILES string of the molecule is CCCCCCCC/C=C\CCCCC(O)C(=O)NC(COC1OC(CO)C(O)C(OS(=O)(=O)O)C1O)C(O)CCCCCCCCCCCCCCCCCCC. The molecule has 0 spiro atoms. The molecule has 344 valence electrons. The quantitative estimate of drug-likeness (QED) is 0.0180. The minimum absolute atomic E-state index is 0.231. The van der Waals surface area contributed by atoms with Crippen molar-refractivity contribution in [1.29, 1.82) is 0 Å². The van der Waals surface area contributed by atoms with Crippen LogP contribution in [0.15, 0.2) is 12.2 Å². The van der Waals surface area contributed by atoms with Crippen LogP contribution in [0, 0.1) is 0 Å². The molecule has 0 radical (unpaired) electrons. The van der Waals surface area contributed by atoms with Crippen molar-refractivity contribution in [2.75, 3.05) is 13.2 Å². The highest BCUT2D eigenvalue weighted by molar-refractivity contribution is 7.80. The van der Waals surface area contributed by atoms with Crippen LogP contribution in [-0.4, -0.2) is 107 Å². The standard InChI is InChI=1S/C44H85NO12S/c1-3-5-7-9-11-13-15-17-18-19-20-21-23-24-26-28-30-32-37(47)36(35-55-44-41(50)42(57-58(52,53)54)40(49)39(34-46)56-44)45-43(51)38(48)33-31-29-27-25-22-16-14-12-10-8-6-4-2/h22,25,36-42,44,46-50H,3-21,23-24,26-35H2,1-2H3,(H,45,51)(H,52,53,54)/b25-22-. The number of aliphatic hydroxyl groups excluding tert-OH is 5. The van der Waals surface area contributed by atoms with Gasteiger partial charge in [-0.15, -0.1) is 0 Å². The third-order valence-corrected chi connectivity index (χ3v) is 11.6. The molecule has 58 heavy (non-hydrogen) atoms. The van der Waals surface area contributed by atoms with Crippen LogP contribution in [0.1, 0.15) is 200 Å². The van der Waals surface area contributed by atoms with Gasteiger partial charge in [-0.3, -0.25) is 9.35 Å². The summed E-state index contributed by atoms with van der Waals surface area (Å²) in [5, 5.41) is 55.3. The number of hydrogen-bond donors (Lipinski definition) is 7. The van der Waals surface area contributed by atoms with Gasteiger partial charge in [-0.1, -0.05) is 174 Å². The van der Waals surface area contributed by atoms with E-state index in [2.05, 4.69) is 35.5 Å². The van der Waals surface area contributed by atoms with Crippen molar-refractivity contribution in [3.63, 3.8) is 0 Å². The molecule has 8 atom stereocenters. The lowest BCUT2D eigenvalue weighted by molar-refractivity contribution is -0.298. The number of rotatable bonds is 39. The Balaban J connectivity index is 2.57. The van der Waals surface area contributed by atoms with E-state index in [1.54, 1.807) is 0 Å². The molecule has 1 aliphatic rings. The van der Waals surface area contributed by atoms with Gasteiger partial charge in [0.05, 0.1) is 25.4 Å². The number of unbranched alkanes of at least 4 members (excludes halogenated alkanes) is 24. The molecule has 13 nitrogen and oxygen atoms in total. The summed E-state index contributed by atoms with van der Waals surface area (Å²) < 4.78 is 47.5. The molecule has 1 aliphatic heterocycles. The fourth-order valence-electron chi connectivity index (χ4n) is 7.46. The van der Waals surface area contributed by atoms with Crippen LogP contribution < -0.4 is 5.32 Å². The second kappa shape index (κ2) is 35.4. The Hall–Kier alpha value is -1.20. The van der Waals surface area contributed by atoms with E-state index in [-0.39, 0.29) is 6.42 Å². The summed E-state index contributed by atoms with van der Waals surface area (Å²) in [5.74, 6) is -0.685. The molecule has 14 heteroatoms. The van der Waals surface area contributed by atoms with Gasteiger partial charge in [0, 0.05) is 0 Å². The predicted octanol–water partition coefficient (Wildman–Crippen LogP) is 7.75. The van der Waals surface area contributed by atoms with E-state index in [9.17, 15) is 43.3 Å². The second-order valence-electron chi connectivity index (χ2n) is 16.5. The molecule has 1 rings (SSSR count). The van der Waals surface area contributed by atoms with E-state index < -0.39 is 78.5 Å². The van der Waals surface area contributed by atoms with Crippen molar-refractivity contribution >= 4 is 16.3 Å². The molecule has 1 heterocycles. The molecule has 8 unspecified atom stereocenters. The van der Waals surface area contributed by atoms with E-state index in [0.29, 0.717) is 19.3 Å². The zero-order chi connectivity index (χ0) is 42.9. The molecular weight excluding hydrogens is 767 g/mol. The van der Waals surface area contributed by atoms with Gasteiger partial charge in [0.25, 0.3) is 0 Å². The van der Waals surface area contributed by atoms with Crippen molar-refractivity contribution in [3.05, 3.63) is 12.2 Å². The number of amides is 1. The average Bonchev–Trinajstić information content (AvgIpc) is 3.19. The van der Waals surface area contributed by atoms with Crippen molar-refractivity contribution in [2.24, 2.45) is 0 Å². The van der Waals surface area contributed by atoms with Gasteiger partial charge in [-0.25, -0.2) is 4.18 Å². The summed E-state index contributed by atoms with van der Waals surface area (Å²) in [7, 11) is -5.11. The highest BCUT2D eigenvalue weighted by Gasteiger charge is 2.48. The van der Waals surface area contributed by atoms with Crippen LogP contribution in [0.25, 0.3) is 0 Å². The van der Waals surface area contributed by atoms with Crippen molar-refractivity contribution < 1.29 is 57.0 Å². The smallest absolute Gasteiger partial charge is 0.394 e. The van der Waals surface area contributed by atoms with Gasteiger partial charge in [0.2, 0.25) is 5.91 Å². The molecule has 0 aromatic carbocycles. The molecular formula is C44H85NO12S. The minimum atomic E-state index is -5.11. The fraction of sp³-hybridized carbons (Fsp3) is 0.932. The first-order valence-corrected chi connectivity index (χ1v) is 24.5. The first-order chi connectivity index (χ1) is 27.9. The van der Waals surface area contributed by atoms with Crippen LogP contribution in [0.5, 0.6) is 0 Å². The Morgan fingerprint density at radius 3 is 1.57 bits per heavy atom. The van der Waals surface area contributed by atoms with Gasteiger partial charge in [-0.2, -0.15) is 8.42 Å². The summed E-state index contributed by atoms with van der Waals surface area (Å²) in [6.45, 7) is 3.25. The Morgan fingerprint density at radius 1 is 0.672 bits per heavy atom. The molecule has 7 N–H and O–H groups in total. The van der Waals surface area contributed by atoms with Crippen LogP contribution in [0.3, 0.4) is 0 Å². The van der Waals surface area contributed by atoms with Gasteiger partial charge in [0.15, 0.2) is 6.29 Å². The fourth-order valence-corrected chi connectivity index (χ4v) is 7.97. The van der Waals surface area contributed by atoms with Crippen LogP contribution in [0.4, 0.5) is 0 Å². The van der Waals surface area contributed by atoms with E-state index in [1.807, 2.05) is 0 Å². The largest absolute Gasteiger partial charge is 0.397 e. The molecule has 0 aromatic heterocycles. The van der Waals surface area contributed by atoms with E-state index in [4.69, 9.17) is 9.47 Å². The predicted molar refractivity (Wildman–Crippen MR) is 228 cm³/mol. The van der Waals surface area contributed by atoms with Gasteiger partial charge in [-0.05, 0) is 38.5 Å². The third kappa shape index (κ3) is 27.6. The summed E-state index contributed by atoms with van der Waals surface area (Å²) in [6, 6.07) is -1.04. The number of nitrogens with one attached hydrogen (secondary N) is 1. The van der Waals surface area contributed by atoms with Crippen LogP contribution in [-0.2, 0) is 28.9 Å². The lowest BCUT2D eigenvalue weighted by atomic mass is 9.99. The molecule has 1 fully saturated rings. The topological polar surface area (TPSA) is 212 Å². The van der Waals surface area contributed by atoms with Crippen molar-refractivity contribution in [1.82, 2.24) is 5.32 Å². The first-order valence-electron chi connectivity index (χ1n) is 23.2. The number of hydrogen-bond acceptors (Lipinski definition) is 11. The Kier molecular flexibility index (Phi) is 33.5. The minimum Gasteiger partial charge on any atom is -0.394 e. The van der Waals surface area contributed by atoms with Gasteiger partial charge < -0.3 is 40.3 Å². The van der Waals surface area contributed by atoms with E-state index in [0.717, 1.165) is 38.5 Å². The zero-order valence-electron chi connectivity index (χ0n) is 36.2. The number of aliphatic hydroxyl groups is 5. The first kappa shape index (κ1) is 54.8. The lowest BCUT2D eigenvalue weighted by Crippen LogP contribution is -2.61. The third-order valence-electron chi connectivity index (χ3n) is 11.2. The molecule has 0 aliphatic carbocycles. The van der Waals surface area contributed by atoms with Gasteiger partial charge in [0.1, 0.15) is 30.5 Å². The summed E-state index contributed by atoms with van der Waals surface area (Å²) >= 11 is 0. The molecule has 0 saturated carbocycles. The summed E-state index contributed by atoms with van der Waals surface area (Å²) in [4.78, 5) is 13.1. The van der Waals surface area contributed by atoms with Crippen molar-refractivity contribution in [2.45, 2.75) is 249 Å². The Labute approximate surface area is 352 Å². The number of carbonyl (C=O) groups excluding carboxylic acids is 1. The summed E-state index contributed by atoms with van der Waals surface area (Å²) in [6.07, 6.45) is 25.4. The number of allylic oxidation sites excluding steroid dienone is 2. The highest BCUT2D eigenvalue weighted by atomic mass is 32.3. The summed E-state index contributed by atoms with van der Waals surface area (Å²) in [5.41, 5.74) is 0. The molecule has 0 bridgehead atoms. The maximum atomic E-state index is 13.1. The molecule has 1 amide bonds. The van der Waals surface area contributed by atoms with E-state index >= 15 is 0 Å². The van der Waals surface area contributed by atoms with Gasteiger partial charge >= 0.3 is 10.4 Å². The number of carbonyl (C=O) groups is 1. The molecule has 1 saturated heterocycles. The zero-order valence-corrected chi connectivity index (χ0v) is 37.1.